The van der Waals surface area contributed by atoms with Gasteiger partial charge in [-0.25, -0.2) is 0 Å². The van der Waals surface area contributed by atoms with Crippen LogP contribution in [-0.4, -0.2) is 33.7 Å². The molecule has 0 aromatic carbocycles. The van der Waals surface area contributed by atoms with Gasteiger partial charge in [-0.1, -0.05) is 6.07 Å². The number of rotatable bonds is 4. The fourth-order valence-corrected chi connectivity index (χ4v) is 3.20. The average Bonchev–Trinajstić information content (AvgIpc) is 2.84. The van der Waals surface area contributed by atoms with Crippen molar-refractivity contribution < 1.29 is 14.7 Å². The van der Waals surface area contributed by atoms with E-state index in [-0.39, 0.29) is 23.6 Å². The Balaban J connectivity index is 2.21. The van der Waals surface area contributed by atoms with Crippen molar-refractivity contribution in [2.75, 3.05) is 6.54 Å². The van der Waals surface area contributed by atoms with Crippen molar-refractivity contribution in [2.24, 2.45) is 0 Å². The molecule has 92 valence electrons. The predicted octanol–water partition coefficient (Wildman–Crippen LogP) is 1.79. The average molecular weight is 271 g/mol. The maximum Gasteiger partial charge on any atom is 0.305 e. The molecule has 0 bridgehead atoms. The van der Waals surface area contributed by atoms with Crippen molar-refractivity contribution in [2.45, 2.75) is 24.1 Å². The second-order valence-electron chi connectivity index (χ2n) is 4.03. The summed E-state index contributed by atoms with van der Waals surface area (Å²) in [6, 6.07) is 3.39. The Labute approximate surface area is 109 Å². The summed E-state index contributed by atoms with van der Waals surface area (Å²) in [6.45, 7) is 0.526. The van der Waals surface area contributed by atoms with Crippen LogP contribution in [0, 0.1) is 0 Å². The van der Waals surface area contributed by atoms with Gasteiger partial charge in [-0.15, -0.1) is 11.3 Å². The van der Waals surface area contributed by atoms with Gasteiger partial charge in [0.2, 0.25) is 5.91 Å². The molecule has 17 heavy (non-hydrogen) atoms. The van der Waals surface area contributed by atoms with Gasteiger partial charge in [0, 0.05) is 23.1 Å². The summed E-state index contributed by atoms with van der Waals surface area (Å²) in [6.07, 6.45) is 0.345. The number of hydrogen-bond acceptors (Lipinski definition) is 4. The molecule has 1 aliphatic rings. The Bertz CT molecular complexity index is 418. The zero-order chi connectivity index (χ0) is 12.4. The Hall–Kier alpha value is -1.01. The zero-order valence-corrected chi connectivity index (χ0v) is 10.8. The third-order valence-corrected chi connectivity index (χ3v) is 4.07. The lowest BCUT2D eigenvalue weighted by atomic mass is 10.1. The summed E-state index contributed by atoms with van der Waals surface area (Å²) in [5.74, 6) is -0.900. The van der Waals surface area contributed by atoms with Gasteiger partial charge < -0.3 is 10.0 Å². The summed E-state index contributed by atoms with van der Waals surface area (Å²) in [5, 5.41) is 10.8. The highest BCUT2D eigenvalue weighted by molar-refractivity contribution is 7.81. The molecule has 2 unspecified atom stereocenters. The topological polar surface area (TPSA) is 57.6 Å². The highest BCUT2D eigenvalue weighted by Gasteiger charge is 2.34. The number of carboxylic acid groups (broad SMARTS) is 1. The van der Waals surface area contributed by atoms with E-state index in [2.05, 4.69) is 12.6 Å². The first-order valence-corrected chi connectivity index (χ1v) is 6.70. The monoisotopic (exact) mass is 271 g/mol. The first-order valence-electron chi connectivity index (χ1n) is 5.30. The summed E-state index contributed by atoms with van der Waals surface area (Å²) >= 11 is 5.77. The quantitative estimate of drug-likeness (QED) is 0.821. The van der Waals surface area contributed by atoms with Crippen LogP contribution in [0.1, 0.15) is 23.8 Å². The molecule has 6 heteroatoms. The molecule has 0 spiro atoms. The van der Waals surface area contributed by atoms with E-state index >= 15 is 0 Å². The molecule has 1 aromatic heterocycles. The fourth-order valence-electron chi connectivity index (χ4n) is 2.02. The molecular formula is C11H13NO3S2. The molecule has 1 amide bonds. The molecule has 0 saturated carbocycles. The van der Waals surface area contributed by atoms with E-state index in [9.17, 15) is 9.59 Å². The van der Waals surface area contributed by atoms with Crippen LogP contribution >= 0.6 is 24.0 Å². The first-order chi connectivity index (χ1) is 8.08. The molecule has 0 aliphatic carbocycles. The SMILES string of the molecule is O=C(O)CC(c1cccs1)N1CC(S)CC1=O. The number of hydrogen-bond donors (Lipinski definition) is 2. The zero-order valence-electron chi connectivity index (χ0n) is 9.07. The van der Waals surface area contributed by atoms with Gasteiger partial charge in [0.25, 0.3) is 0 Å². The molecule has 1 N–H and O–H groups in total. The van der Waals surface area contributed by atoms with Gasteiger partial charge in [0.05, 0.1) is 12.5 Å². The maximum absolute atomic E-state index is 11.8. The maximum atomic E-state index is 11.8. The Morgan fingerprint density at radius 2 is 2.47 bits per heavy atom. The lowest BCUT2D eigenvalue weighted by molar-refractivity contribution is -0.139. The number of carboxylic acids is 1. The molecule has 2 atom stereocenters. The number of amides is 1. The number of thiophene rings is 1. The largest absolute Gasteiger partial charge is 0.481 e. The van der Waals surface area contributed by atoms with E-state index < -0.39 is 5.97 Å². The van der Waals surface area contributed by atoms with Gasteiger partial charge >= 0.3 is 5.97 Å². The molecule has 1 saturated heterocycles. The standard InChI is InChI=1S/C11H13NO3S2/c13-10-4-7(16)6-12(10)8(5-11(14)15)9-2-1-3-17-9/h1-3,7-8,16H,4-6H2,(H,14,15). The van der Waals surface area contributed by atoms with E-state index in [0.717, 1.165) is 4.88 Å². The van der Waals surface area contributed by atoms with Crippen LogP contribution in [-0.2, 0) is 9.59 Å². The summed E-state index contributed by atoms with van der Waals surface area (Å²) in [5.41, 5.74) is 0. The molecular weight excluding hydrogens is 258 g/mol. The number of thiol groups is 1. The molecule has 1 aliphatic heterocycles. The van der Waals surface area contributed by atoms with Crippen molar-refractivity contribution >= 4 is 35.8 Å². The predicted molar refractivity (Wildman–Crippen MR) is 68.4 cm³/mol. The van der Waals surface area contributed by atoms with E-state index in [4.69, 9.17) is 5.11 Å². The Morgan fingerprint density at radius 1 is 1.71 bits per heavy atom. The van der Waals surface area contributed by atoms with E-state index in [1.165, 1.54) is 11.3 Å². The molecule has 1 fully saturated rings. The minimum Gasteiger partial charge on any atom is -0.481 e. The molecule has 1 aromatic rings. The van der Waals surface area contributed by atoms with Gasteiger partial charge in [0.15, 0.2) is 0 Å². The van der Waals surface area contributed by atoms with Gasteiger partial charge in [-0.2, -0.15) is 12.6 Å². The highest BCUT2D eigenvalue weighted by Crippen LogP contribution is 2.32. The number of likely N-dealkylation sites (tertiary alicyclic amines) is 1. The fraction of sp³-hybridized carbons (Fsp3) is 0.455. The Kier molecular flexibility index (Phi) is 3.73. The minimum absolute atomic E-state index is 0.00958. The normalized spacial score (nSPS) is 21.8. The van der Waals surface area contributed by atoms with Crippen molar-refractivity contribution in [3.8, 4) is 0 Å². The van der Waals surface area contributed by atoms with Crippen molar-refractivity contribution in [1.29, 1.82) is 0 Å². The minimum atomic E-state index is -0.890. The third kappa shape index (κ3) is 2.81. The Morgan fingerprint density at radius 3 is 2.94 bits per heavy atom. The van der Waals surface area contributed by atoms with E-state index in [0.29, 0.717) is 13.0 Å². The second-order valence-corrected chi connectivity index (χ2v) is 5.74. The molecule has 4 nitrogen and oxygen atoms in total. The van der Waals surface area contributed by atoms with Crippen LogP contribution in [0.2, 0.25) is 0 Å². The second kappa shape index (κ2) is 5.10. The van der Waals surface area contributed by atoms with Crippen molar-refractivity contribution in [3.63, 3.8) is 0 Å². The van der Waals surface area contributed by atoms with Crippen LogP contribution in [0.3, 0.4) is 0 Å². The lowest BCUT2D eigenvalue weighted by Gasteiger charge is -2.25. The smallest absolute Gasteiger partial charge is 0.305 e. The highest BCUT2D eigenvalue weighted by atomic mass is 32.1. The third-order valence-electron chi connectivity index (χ3n) is 2.75. The molecule has 2 rings (SSSR count). The molecule has 0 radical (unpaired) electrons. The van der Waals surface area contributed by atoms with Gasteiger partial charge in [0.1, 0.15) is 0 Å². The summed E-state index contributed by atoms with van der Waals surface area (Å²) < 4.78 is 0. The lowest BCUT2D eigenvalue weighted by Crippen LogP contribution is -2.31. The van der Waals surface area contributed by atoms with Crippen molar-refractivity contribution in [3.05, 3.63) is 22.4 Å². The van der Waals surface area contributed by atoms with Crippen LogP contribution in [0.25, 0.3) is 0 Å². The van der Waals surface area contributed by atoms with Crippen LogP contribution in [0.15, 0.2) is 17.5 Å². The van der Waals surface area contributed by atoms with E-state index in [1.54, 1.807) is 4.90 Å². The number of carbonyl (C=O) groups excluding carboxylic acids is 1. The van der Waals surface area contributed by atoms with Crippen molar-refractivity contribution in [1.82, 2.24) is 4.90 Å². The van der Waals surface area contributed by atoms with Crippen LogP contribution in [0.4, 0.5) is 0 Å². The number of aliphatic carboxylic acids is 1. The summed E-state index contributed by atoms with van der Waals surface area (Å²) in [4.78, 5) is 25.2. The van der Waals surface area contributed by atoms with E-state index in [1.807, 2.05) is 17.5 Å². The number of nitrogens with zero attached hydrogens (tertiary/aromatic N) is 1. The first kappa shape index (κ1) is 12.4. The van der Waals surface area contributed by atoms with Crippen LogP contribution in [0.5, 0.6) is 0 Å². The van der Waals surface area contributed by atoms with Crippen LogP contribution < -0.4 is 0 Å². The number of carbonyl (C=O) groups is 2. The van der Waals surface area contributed by atoms with Gasteiger partial charge in [-0.05, 0) is 11.4 Å². The molecule has 2 heterocycles. The van der Waals surface area contributed by atoms with Gasteiger partial charge in [-0.3, -0.25) is 9.59 Å². The summed E-state index contributed by atoms with van der Waals surface area (Å²) in [7, 11) is 0.